The average Bonchev–Trinajstić information content (AvgIpc) is 2.48. The monoisotopic (exact) mass is 325 g/mol. The van der Waals surface area contributed by atoms with Crippen LogP contribution in [0.1, 0.15) is 37.8 Å². The van der Waals surface area contributed by atoms with Crippen LogP contribution in [0.3, 0.4) is 0 Å². The van der Waals surface area contributed by atoms with Crippen molar-refractivity contribution in [2.24, 2.45) is 17.4 Å². The molecule has 1 fully saturated rings. The van der Waals surface area contributed by atoms with Gasteiger partial charge in [0.25, 0.3) is 0 Å². The number of hydrogen-bond donors (Lipinski definition) is 2. The fourth-order valence-corrected chi connectivity index (χ4v) is 2.81. The third kappa shape index (κ3) is 4.45. The molecular formula is C16H24ClN3O2. The first-order chi connectivity index (χ1) is 9.99. The molecule has 0 aromatic heterocycles. The van der Waals surface area contributed by atoms with Crippen molar-refractivity contribution in [1.82, 2.24) is 4.90 Å². The molecule has 3 unspecified atom stereocenters. The first-order valence-corrected chi connectivity index (χ1v) is 7.38. The molecule has 6 heteroatoms. The van der Waals surface area contributed by atoms with Crippen molar-refractivity contribution >= 4 is 24.2 Å². The summed E-state index contributed by atoms with van der Waals surface area (Å²) in [5, 5.41) is 0. The number of primary amides is 1. The Morgan fingerprint density at radius 1 is 1.27 bits per heavy atom. The number of carbonyl (C=O) groups excluding carboxylic acids is 2. The number of piperidine rings is 1. The quantitative estimate of drug-likeness (QED) is 0.881. The number of hydrogen-bond acceptors (Lipinski definition) is 3. The lowest BCUT2D eigenvalue weighted by Gasteiger charge is -2.37. The normalized spacial score (nSPS) is 22.5. The predicted molar refractivity (Wildman–Crippen MR) is 88.3 cm³/mol. The van der Waals surface area contributed by atoms with Gasteiger partial charge in [0.1, 0.15) is 0 Å². The summed E-state index contributed by atoms with van der Waals surface area (Å²) in [5.41, 5.74) is 12.4. The highest BCUT2D eigenvalue weighted by Gasteiger charge is 2.32. The summed E-state index contributed by atoms with van der Waals surface area (Å²) in [6.07, 6.45) is 1.81. The molecule has 0 bridgehead atoms. The van der Waals surface area contributed by atoms with Crippen LogP contribution in [0.15, 0.2) is 30.3 Å². The Labute approximate surface area is 137 Å². The second kappa shape index (κ2) is 8.15. The van der Waals surface area contributed by atoms with Gasteiger partial charge >= 0.3 is 0 Å². The van der Waals surface area contributed by atoms with Crippen molar-refractivity contribution in [3.63, 3.8) is 0 Å². The number of carbonyl (C=O) groups is 2. The van der Waals surface area contributed by atoms with E-state index in [0.29, 0.717) is 6.54 Å². The van der Waals surface area contributed by atoms with Gasteiger partial charge in [-0.1, -0.05) is 30.3 Å². The van der Waals surface area contributed by atoms with Gasteiger partial charge < -0.3 is 16.4 Å². The Hall–Kier alpha value is -1.59. The fraction of sp³-hybridized carbons (Fsp3) is 0.500. The zero-order chi connectivity index (χ0) is 15.4. The maximum atomic E-state index is 12.5. The van der Waals surface area contributed by atoms with Crippen molar-refractivity contribution in [3.8, 4) is 0 Å². The Bertz CT molecular complexity index is 509. The molecule has 5 nitrogen and oxygen atoms in total. The molecular weight excluding hydrogens is 302 g/mol. The number of halogens is 1. The number of nitrogens with zero attached hydrogens (tertiary/aromatic N) is 1. The zero-order valence-corrected chi connectivity index (χ0v) is 13.6. The lowest BCUT2D eigenvalue weighted by molar-refractivity contribution is -0.137. The van der Waals surface area contributed by atoms with Crippen molar-refractivity contribution in [2.45, 2.75) is 38.3 Å². The molecule has 1 aliphatic rings. The molecule has 1 aliphatic heterocycles. The van der Waals surface area contributed by atoms with E-state index in [0.717, 1.165) is 18.4 Å². The zero-order valence-electron chi connectivity index (χ0n) is 12.8. The van der Waals surface area contributed by atoms with E-state index in [1.54, 1.807) is 4.90 Å². The van der Waals surface area contributed by atoms with Crippen LogP contribution >= 0.6 is 12.4 Å². The van der Waals surface area contributed by atoms with E-state index >= 15 is 0 Å². The SMILES string of the molecule is CC1CCC(C(N)=O)CN1C(=O)CC(N)c1ccccc1.Cl. The second-order valence-corrected chi connectivity index (χ2v) is 5.79. The Morgan fingerprint density at radius 2 is 1.91 bits per heavy atom. The molecule has 2 amide bonds. The van der Waals surface area contributed by atoms with Crippen molar-refractivity contribution < 1.29 is 9.59 Å². The smallest absolute Gasteiger partial charge is 0.224 e. The molecule has 0 radical (unpaired) electrons. The van der Waals surface area contributed by atoms with E-state index in [2.05, 4.69) is 0 Å². The Kier molecular flexibility index (Phi) is 6.84. The van der Waals surface area contributed by atoms with Crippen molar-refractivity contribution in [1.29, 1.82) is 0 Å². The van der Waals surface area contributed by atoms with Gasteiger partial charge in [0.2, 0.25) is 11.8 Å². The minimum Gasteiger partial charge on any atom is -0.369 e. The molecule has 0 saturated carbocycles. The van der Waals surface area contributed by atoms with Gasteiger partial charge in [-0.25, -0.2) is 0 Å². The highest BCUT2D eigenvalue weighted by atomic mass is 35.5. The molecule has 1 heterocycles. The molecule has 0 aliphatic carbocycles. The molecule has 1 saturated heterocycles. The van der Waals surface area contributed by atoms with E-state index in [9.17, 15) is 9.59 Å². The van der Waals surface area contributed by atoms with Gasteiger partial charge in [0, 0.05) is 25.0 Å². The lowest BCUT2D eigenvalue weighted by Crippen LogP contribution is -2.49. The van der Waals surface area contributed by atoms with Crippen LogP contribution in [-0.2, 0) is 9.59 Å². The van der Waals surface area contributed by atoms with Gasteiger partial charge in [-0.05, 0) is 25.3 Å². The summed E-state index contributed by atoms with van der Waals surface area (Å²) >= 11 is 0. The molecule has 0 spiro atoms. The third-order valence-corrected chi connectivity index (χ3v) is 4.23. The van der Waals surface area contributed by atoms with Crippen LogP contribution < -0.4 is 11.5 Å². The predicted octanol–water partition coefficient (Wildman–Crippen LogP) is 1.61. The largest absolute Gasteiger partial charge is 0.369 e. The molecule has 4 N–H and O–H groups in total. The number of likely N-dealkylation sites (tertiary alicyclic amines) is 1. The first kappa shape index (κ1) is 18.5. The number of benzene rings is 1. The lowest BCUT2D eigenvalue weighted by atomic mass is 9.92. The summed E-state index contributed by atoms with van der Waals surface area (Å²) in [6.45, 7) is 2.42. The molecule has 1 aromatic rings. The first-order valence-electron chi connectivity index (χ1n) is 7.38. The number of nitrogens with two attached hydrogens (primary N) is 2. The Balaban J connectivity index is 0.00000242. The van der Waals surface area contributed by atoms with Gasteiger partial charge in [-0.3, -0.25) is 9.59 Å². The van der Waals surface area contributed by atoms with Crippen molar-refractivity contribution in [2.75, 3.05) is 6.54 Å². The fourth-order valence-electron chi connectivity index (χ4n) is 2.81. The van der Waals surface area contributed by atoms with E-state index in [1.165, 1.54) is 0 Å². The Morgan fingerprint density at radius 3 is 2.50 bits per heavy atom. The maximum Gasteiger partial charge on any atom is 0.224 e. The van der Waals surface area contributed by atoms with Crippen LogP contribution in [0.4, 0.5) is 0 Å². The summed E-state index contributed by atoms with van der Waals surface area (Å²) in [5.74, 6) is -0.574. The molecule has 2 rings (SSSR count). The summed E-state index contributed by atoms with van der Waals surface area (Å²) in [7, 11) is 0. The van der Waals surface area contributed by atoms with Gasteiger partial charge in [-0.15, -0.1) is 12.4 Å². The van der Waals surface area contributed by atoms with Crippen LogP contribution in [0.2, 0.25) is 0 Å². The highest BCUT2D eigenvalue weighted by Crippen LogP contribution is 2.24. The summed E-state index contributed by atoms with van der Waals surface area (Å²) in [6, 6.07) is 9.39. The van der Waals surface area contributed by atoms with Crippen LogP contribution in [0, 0.1) is 5.92 Å². The minimum atomic E-state index is -0.327. The summed E-state index contributed by atoms with van der Waals surface area (Å²) in [4.78, 5) is 25.5. The minimum absolute atomic E-state index is 0. The van der Waals surface area contributed by atoms with E-state index in [1.807, 2.05) is 37.3 Å². The third-order valence-electron chi connectivity index (χ3n) is 4.23. The molecule has 3 atom stereocenters. The molecule has 122 valence electrons. The van der Waals surface area contributed by atoms with Gasteiger partial charge in [0.15, 0.2) is 0 Å². The van der Waals surface area contributed by atoms with Crippen molar-refractivity contribution in [3.05, 3.63) is 35.9 Å². The van der Waals surface area contributed by atoms with Gasteiger partial charge in [-0.2, -0.15) is 0 Å². The molecule has 22 heavy (non-hydrogen) atoms. The standard InChI is InChI=1S/C16H23N3O2.ClH/c1-11-7-8-13(16(18)21)10-19(11)15(20)9-14(17)12-5-3-2-4-6-12;/h2-6,11,13-14H,7-10,17H2,1H3,(H2,18,21);1H. The number of amides is 2. The maximum absolute atomic E-state index is 12.5. The van der Waals surface area contributed by atoms with E-state index in [-0.39, 0.29) is 48.6 Å². The van der Waals surface area contributed by atoms with Gasteiger partial charge in [0.05, 0.1) is 5.92 Å². The van der Waals surface area contributed by atoms with Crippen LogP contribution in [0.5, 0.6) is 0 Å². The molecule has 1 aromatic carbocycles. The van der Waals surface area contributed by atoms with Crippen LogP contribution in [0.25, 0.3) is 0 Å². The average molecular weight is 326 g/mol. The second-order valence-electron chi connectivity index (χ2n) is 5.79. The topological polar surface area (TPSA) is 89.4 Å². The van der Waals surface area contributed by atoms with E-state index in [4.69, 9.17) is 11.5 Å². The number of rotatable bonds is 4. The summed E-state index contributed by atoms with van der Waals surface area (Å²) < 4.78 is 0. The highest BCUT2D eigenvalue weighted by molar-refractivity contribution is 5.85. The van der Waals surface area contributed by atoms with E-state index < -0.39 is 0 Å². The van der Waals surface area contributed by atoms with Crippen LogP contribution in [-0.4, -0.2) is 29.3 Å².